The summed E-state index contributed by atoms with van der Waals surface area (Å²) in [5, 5.41) is 0. The van der Waals surface area contributed by atoms with Crippen LogP contribution in [0.4, 0.5) is 0 Å². The Morgan fingerprint density at radius 2 is 0.920 bits per heavy atom. The molecule has 0 aliphatic heterocycles. The molecule has 0 aromatic rings. The van der Waals surface area contributed by atoms with Crippen LogP contribution in [0.1, 0.15) is 79.1 Å². The highest BCUT2D eigenvalue weighted by Gasteiger charge is 2.41. The van der Waals surface area contributed by atoms with Crippen LogP contribution in [0.25, 0.3) is 0 Å². The van der Waals surface area contributed by atoms with Gasteiger partial charge in [0.25, 0.3) is 0 Å². The number of hydrogen-bond acceptors (Lipinski definition) is 1. The molecular weight excluding hydrogens is 336 g/mol. The van der Waals surface area contributed by atoms with Crippen molar-refractivity contribution in [2.24, 2.45) is 11.8 Å². The van der Waals surface area contributed by atoms with Gasteiger partial charge < -0.3 is 4.74 Å². The van der Waals surface area contributed by atoms with Gasteiger partial charge in [-0.1, -0.05) is 106 Å². The average molecular weight is 387 g/mol. The van der Waals surface area contributed by atoms with Gasteiger partial charge in [0.1, 0.15) is 0 Å². The molecule has 25 heavy (non-hydrogen) atoms. The zero-order valence-corrected chi connectivity index (χ0v) is 21.4. The van der Waals surface area contributed by atoms with E-state index in [2.05, 4.69) is 67.0 Å². The normalized spacial score (nSPS) is 18.0. The minimum atomic E-state index is -1.35. The van der Waals surface area contributed by atoms with Gasteiger partial charge in [-0.25, -0.2) is 0 Å². The topological polar surface area (TPSA) is 9.23 Å². The first kappa shape index (κ1) is 25.4. The standard InChI is InChI=1S/C22H50OSi2/c1-11-15-17-19(13-3)21(24(5,6)7)23-22(25(8,9)10)20(14-4)18-16-12-2/h19-22H,11-18H2,1-10H3. The Kier molecular flexibility index (Phi) is 12.2. The molecule has 0 aliphatic carbocycles. The molecular formula is C22H50OSi2. The third-order valence-electron chi connectivity index (χ3n) is 5.76. The van der Waals surface area contributed by atoms with Crippen molar-refractivity contribution in [1.82, 2.24) is 0 Å². The van der Waals surface area contributed by atoms with Crippen LogP contribution in [0.2, 0.25) is 39.3 Å². The van der Waals surface area contributed by atoms with Crippen molar-refractivity contribution < 1.29 is 4.74 Å². The van der Waals surface area contributed by atoms with E-state index >= 15 is 0 Å². The summed E-state index contributed by atoms with van der Waals surface area (Å²) in [7, 11) is -2.70. The summed E-state index contributed by atoms with van der Waals surface area (Å²) in [4.78, 5) is 0. The van der Waals surface area contributed by atoms with Crippen molar-refractivity contribution >= 4 is 16.1 Å². The fourth-order valence-corrected chi connectivity index (χ4v) is 9.15. The molecule has 0 spiro atoms. The highest BCUT2D eigenvalue weighted by Crippen LogP contribution is 2.34. The molecule has 0 heterocycles. The molecule has 4 unspecified atom stereocenters. The number of ether oxygens (including phenoxy) is 1. The molecule has 4 atom stereocenters. The zero-order chi connectivity index (χ0) is 19.7. The molecule has 0 saturated carbocycles. The van der Waals surface area contributed by atoms with Gasteiger partial charge in [-0.2, -0.15) is 0 Å². The first-order valence-electron chi connectivity index (χ1n) is 11.2. The van der Waals surface area contributed by atoms with Crippen molar-refractivity contribution in [1.29, 1.82) is 0 Å². The molecule has 0 aromatic carbocycles. The van der Waals surface area contributed by atoms with Crippen LogP contribution in [0.15, 0.2) is 0 Å². The Morgan fingerprint density at radius 1 is 0.600 bits per heavy atom. The second-order valence-corrected chi connectivity index (χ2v) is 20.9. The molecule has 0 aliphatic rings. The van der Waals surface area contributed by atoms with Crippen molar-refractivity contribution in [2.75, 3.05) is 0 Å². The smallest absolute Gasteiger partial charge is 0.0788 e. The fraction of sp³-hybridized carbons (Fsp3) is 1.00. The van der Waals surface area contributed by atoms with E-state index in [4.69, 9.17) is 4.74 Å². The van der Waals surface area contributed by atoms with E-state index in [1.807, 2.05) is 0 Å². The third-order valence-corrected chi connectivity index (χ3v) is 10.4. The van der Waals surface area contributed by atoms with Crippen LogP contribution in [0.5, 0.6) is 0 Å². The molecule has 0 rings (SSSR count). The van der Waals surface area contributed by atoms with Crippen LogP contribution >= 0.6 is 0 Å². The van der Waals surface area contributed by atoms with Gasteiger partial charge in [0.2, 0.25) is 0 Å². The fourth-order valence-electron chi connectivity index (χ4n) is 4.27. The Labute approximate surface area is 162 Å². The molecule has 152 valence electrons. The Bertz CT molecular complexity index is 298. The van der Waals surface area contributed by atoms with Crippen molar-refractivity contribution in [2.45, 2.75) is 130 Å². The monoisotopic (exact) mass is 386 g/mol. The molecule has 0 radical (unpaired) electrons. The number of unbranched alkanes of at least 4 members (excludes halogenated alkanes) is 2. The molecule has 1 nitrogen and oxygen atoms in total. The molecule has 0 N–H and O–H groups in total. The second kappa shape index (κ2) is 12.0. The lowest BCUT2D eigenvalue weighted by atomic mass is 9.98. The molecule has 0 saturated heterocycles. The first-order chi connectivity index (χ1) is 11.5. The van der Waals surface area contributed by atoms with E-state index < -0.39 is 16.1 Å². The highest BCUT2D eigenvalue weighted by molar-refractivity contribution is 6.78. The Balaban J connectivity index is 5.51. The van der Waals surface area contributed by atoms with Crippen LogP contribution in [-0.4, -0.2) is 27.6 Å². The number of rotatable bonds is 14. The first-order valence-corrected chi connectivity index (χ1v) is 18.3. The summed E-state index contributed by atoms with van der Waals surface area (Å²) in [6, 6.07) is 0. The SMILES string of the molecule is CCCCC(CC)C(OC(C(CC)CCCC)[Si](C)(C)C)[Si](C)(C)C. The lowest BCUT2D eigenvalue weighted by Crippen LogP contribution is -2.54. The van der Waals surface area contributed by atoms with E-state index in [1.54, 1.807) is 0 Å². The summed E-state index contributed by atoms with van der Waals surface area (Å²) >= 11 is 0. The maximum Gasteiger partial charge on any atom is 0.0788 e. The zero-order valence-electron chi connectivity index (χ0n) is 19.4. The second-order valence-electron chi connectivity index (χ2n) is 10.3. The highest BCUT2D eigenvalue weighted by atomic mass is 28.3. The lowest BCUT2D eigenvalue weighted by Gasteiger charge is -2.44. The Morgan fingerprint density at radius 3 is 1.12 bits per heavy atom. The van der Waals surface area contributed by atoms with Gasteiger partial charge in [-0.05, 0) is 24.7 Å². The van der Waals surface area contributed by atoms with Crippen LogP contribution in [0, 0.1) is 11.8 Å². The van der Waals surface area contributed by atoms with Gasteiger partial charge in [0, 0.05) is 0 Å². The minimum absolute atomic E-state index is 0.524. The van der Waals surface area contributed by atoms with Gasteiger partial charge in [-0.15, -0.1) is 0 Å². The molecule has 0 bridgehead atoms. The van der Waals surface area contributed by atoms with Crippen LogP contribution in [0.3, 0.4) is 0 Å². The van der Waals surface area contributed by atoms with E-state index in [9.17, 15) is 0 Å². The predicted octanol–water partition coefficient (Wildman–Crippen LogP) is 7.93. The van der Waals surface area contributed by atoms with Gasteiger partial charge in [0.15, 0.2) is 0 Å². The van der Waals surface area contributed by atoms with Crippen LogP contribution < -0.4 is 0 Å². The maximum atomic E-state index is 7.20. The third kappa shape index (κ3) is 9.24. The van der Waals surface area contributed by atoms with E-state index in [0.29, 0.717) is 11.5 Å². The molecule has 3 heteroatoms. The quantitative estimate of drug-likeness (QED) is 0.275. The minimum Gasteiger partial charge on any atom is -0.381 e. The summed E-state index contributed by atoms with van der Waals surface area (Å²) in [6.45, 7) is 24.6. The molecule has 0 fully saturated rings. The predicted molar refractivity (Wildman–Crippen MR) is 122 cm³/mol. The largest absolute Gasteiger partial charge is 0.381 e. The van der Waals surface area contributed by atoms with E-state index in [-0.39, 0.29) is 0 Å². The molecule has 0 amide bonds. The van der Waals surface area contributed by atoms with Gasteiger partial charge in [-0.3, -0.25) is 0 Å². The summed E-state index contributed by atoms with van der Waals surface area (Å²) in [5.74, 6) is 1.52. The maximum absolute atomic E-state index is 7.20. The Hall–Kier alpha value is 0.394. The van der Waals surface area contributed by atoms with Crippen molar-refractivity contribution in [3.05, 3.63) is 0 Å². The van der Waals surface area contributed by atoms with Crippen LogP contribution in [-0.2, 0) is 4.74 Å². The van der Waals surface area contributed by atoms with Gasteiger partial charge in [0.05, 0.1) is 27.6 Å². The summed E-state index contributed by atoms with van der Waals surface area (Å²) in [6.07, 6.45) is 10.6. The van der Waals surface area contributed by atoms with E-state index in [1.165, 1.54) is 51.4 Å². The molecule has 0 aromatic heterocycles. The van der Waals surface area contributed by atoms with Crippen molar-refractivity contribution in [3.63, 3.8) is 0 Å². The van der Waals surface area contributed by atoms with Gasteiger partial charge >= 0.3 is 0 Å². The lowest BCUT2D eigenvalue weighted by molar-refractivity contribution is -0.00271. The summed E-state index contributed by atoms with van der Waals surface area (Å²) in [5.41, 5.74) is 1.05. The number of hydrogen-bond donors (Lipinski definition) is 0. The average Bonchev–Trinajstić information content (AvgIpc) is 2.50. The van der Waals surface area contributed by atoms with E-state index in [0.717, 1.165) is 11.8 Å². The van der Waals surface area contributed by atoms with Crippen molar-refractivity contribution in [3.8, 4) is 0 Å². The summed E-state index contributed by atoms with van der Waals surface area (Å²) < 4.78 is 7.20.